The van der Waals surface area contributed by atoms with Crippen molar-refractivity contribution in [3.05, 3.63) is 72.9 Å². The molecule has 62 heavy (non-hydrogen) atoms. The number of allylic oxidation sites excluding steroid dienone is 12. The highest BCUT2D eigenvalue weighted by Gasteiger charge is 2.44. The highest BCUT2D eigenvalue weighted by molar-refractivity contribution is 5.69. The Balaban J connectivity index is 2.23. The van der Waals surface area contributed by atoms with E-state index in [0.717, 1.165) is 77.0 Å². The second kappa shape index (κ2) is 43.9. The molecule has 1 saturated heterocycles. The lowest BCUT2D eigenvalue weighted by atomic mass is 9.99. The molecule has 0 spiro atoms. The number of aliphatic hydroxyl groups is 4. The Hall–Kier alpha value is -2.37. The van der Waals surface area contributed by atoms with E-state index in [1.165, 1.54) is 96.3 Å². The van der Waals surface area contributed by atoms with Gasteiger partial charge in [0, 0.05) is 13.0 Å². The standard InChI is InChI=1S/C53H92O9/c1-3-5-7-9-11-13-15-17-19-21-22-23-24-25-27-29-31-33-35-37-39-41-43-59-45-47(46-60-53-52(58)51(57)50(56)48(44-54)62-53)61-49(55)42-40-38-36-34-32-30-28-26-20-18-16-14-12-10-8-6-4-2/h6,8,12,14-15,17-18,20-22,28,30,47-48,50-54,56-58H,3-5,7,9-11,13,16,19,23-27,29,31-46H2,1-2H3/b8-6-,14-12-,17-15-,20-18-,22-21-,30-28-. The number of hydrogen-bond donors (Lipinski definition) is 4. The van der Waals surface area contributed by atoms with Gasteiger partial charge in [0.15, 0.2) is 6.29 Å². The third-order valence-electron chi connectivity index (χ3n) is 11.1. The van der Waals surface area contributed by atoms with Crippen LogP contribution in [0.25, 0.3) is 0 Å². The van der Waals surface area contributed by atoms with Crippen LogP contribution < -0.4 is 0 Å². The number of unbranched alkanes of at least 4 members (excludes halogenated alkanes) is 19. The van der Waals surface area contributed by atoms with Crippen LogP contribution in [0, 0.1) is 0 Å². The van der Waals surface area contributed by atoms with E-state index in [1.807, 2.05) is 0 Å². The smallest absolute Gasteiger partial charge is 0.306 e. The predicted molar refractivity (Wildman–Crippen MR) is 256 cm³/mol. The fourth-order valence-corrected chi connectivity index (χ4v) is 7.22. The van der Waals surface area contributed by atoms with E-state index in [-0.39, 0.29) is 25.6 Å². The maximum atomic E-state index is 12.8. The van der Waals surface area contributed by atoms with Gasteiger partial charge in [-0.3, -0.25) is 4.79 Å². The zero-order valence-electron chi connectivity index (χ0n) is 39.3. The Bertz CT molecular complexity index is 1180. The zero-order valence-corrected chi connectivity index (χ0v) is 39.3. The first kappa shape index (κ1) is 57.6. The van der Waals surface area contributed by atoms with Gasteiger partial charge in [0.1, 0.15) is 30.5 Å². The first-order chi connectivity index (χ1) is 30.4. The van der Waals surface area contributed by atoms with Gasteiger partial charge in [-0.15, -0.1) is 0 Å². The van der Waals surface area contributed by atoms with Crippen LogP contribution in [-0.4, -0.2) is 89.6 Å². The van der Waals surface area contributed by atoms with E-state index < -0.39 is 43.4 Å². The summed E-state index contributed by atoms with van der Waals surface area (Å²) in [5.41, 5.74) is 0. The number of carbonyl (C=O) groups is 1. The molecule has 0 saturated carbocycles. The number of ether oxygens (including phenoxy) is 4. The van der Waals surface area contributed by atoms with Crippen molar-refractivity contribution in [1.29, 1.82) is 0 Å². The van der Waals surface area contributed by atoms with Crippen molar-refractivity contribution in [2.75, 3.05) is 26.4 Å². The van der Waals surface area contributed by atoms with Crippen molar-refractivity contribution < 1.29 is 44.2 Å². The molecule has 1 aliphatic heterocycles. The third kappa shape index (κ3) is 34.1. The molecule has 0 aliphatic carbocycles. The second-order valence-corrected chi connectivity index (χ2v) is 16.9. The molecule has 9 heteroatoms. The van der Waals surface area contributed by atoms with Gasteiger partial charge in [-0.1, -0.05) is 177 Å². The van der Waals surface area contributed by atoms with Crippen LogP contribution in [0.15, 0.2) is 72.9 Å². The summed E-state index contributed by atoms with van der Waals surface area (Å²) in [6, 6.07) is 0. The fourth-order valence-electron chi connectivity index (χ4n) is 7.22. The largest absolute Gasteiger partial charge is 0.457 e. The highest BCUT2D eigenvalue weighted by atomic mass is 16.7. The number of aliphatic hydroxyl groups excluding tert-OH is 4. The molecule has 0 aromatic rings. The average Bonchev–Trinajstić information content (AvgIpc) is 3.27. The molecule has 6 atom stereocenters. The number of esters is 1. The summed E-state index contributed by atoms with van der Waals surface area (Å²) < 4.78 is 22.9. The molecule has 1 fully saturated rings. The molecule has 0 radical (unpaired) electrons. The minimum atomic E-state index is -1.55. The lowest BCUT2D eigenvalue weighted by molar-refractivity contribution is -0.305. The third-order valence-corrected chi connectivity index (χ3v) is 11.1. The Morgan fingerprint density at radius 1 is 0.532 bits per heavy atom. The SMILES string of the molecule is CC/C=C\C/C=C\C/C=C\C/C=C\CCCCCCC(=O)OC(COCCCCCCCCCCCC/C=C\C/C=C\CCCCCCC)COC1OC(CO)C(O)C(O)C1O. The summed E-state index contributed by atoms with van der Waals surface area (Å²) in [7, 11) is 0. The van der Waals surface area contributed by atoms with E-state index in [9.17, 15) is 25.2 Å². The molecule has 9 nitrogen and oxygen atoms in total. The quantitative estimate of drug-likeness (QED) is 0.0269. The van der Waals surface area contributed by atoms with Crippen LogP contribution in [0.5, 0.6) is 0 Å². The zero-order chi connectivity index (χ0) is 45.0. The Labute approximate surface area is 378 Å². The van der Waals surface area contributed by atoms with E-state index in [4.69, 9.17) is 18.9 Å². The molecule has 0 aromatic carbocycles. The average molecular weight is 873 g/mol. The van der Waals surface area contributed by atoms with Crippen molar-refractivity contribution in [3.63, 3.8) is 0 Å². The van der Waals surface area contributed by atoms with Crippen molar-refractivity contribution in [1.82, 2.24) is 0 Å². The molecular formula is C53H92O9. The van der Waals surface area contributed by atoms with Crippen molar-refractivity contribution in [3.8, 4) is 0 Å². The van der Waals surface area contributed by atoms with Gasteiger partial charge < -0.3 is 39.4 Å². The second-order valence-electron chi connectivity index (χ2n) is 16.9. The molecule has 358 valence electrons. The number of rotatable bonds is 42. The highest BCUT2D eigenvalue weighted by Crippen LogP contribution is 2.22. The normalized spacial score (nSPS) is 20.4. The number of carbonyl (C=O) groups excluding carboxylic acids is 1. The summed E-state index contributed by atoms with van der Waals surface area (Å²) in [5, 5.41) is 40.2. The van der Waals surface area contributed by atoms with Gasteiger partial charge in [-0.05, 0) is 83.5 Å². The van der Waals surface area contributed by atoms with Crippen molar-refractivity contribution in [2.24, 2.45) is 0 Å². The van der Waals surface area contributed by atoms with E-state index >= 15 is 0 Å². The lowest BCUT2D eigenvalue weighted by Crippen LogP contribution is -2.59. The predicted octanol–water partition coefficient (Wildman–Crippen LogP) is 12.0. The lowest BCUT2D eigenvalue weighted by Gasteiger charge is -2.39. The van der Waals surface area contributed by atoms with Crippen molar-refractivity contribution in [2.45, 2.75) is 230 Å². The van der Waals surface area contributed by atoms with Gasteiger partial charge in [-0.2, -0.15) is 0 Å². The van der Waals surface area contributed by atoms with Crippen LogP contribution in [0.3, 0.4) is 0 Å². The molecular weight excluding hydrogens is 781 g/mol. The van der Waals surface area contributed by atoms with Crippen LogP contribution in [-0.2, 0) is 23.7 Å². The van der Waals surface area contributed by atoms with E-state index in [1.54, 1.807) is 0 Å². The maximum absolute atomic E-state index is 12.8. The Morgan fingerprint density at radius 2 is 0.984 bits per heavy atom. The molecule has 1 rings (SSSR count). The molecule has 0 amide bonds. The summed E-state index contributed by atoms with van der Waals surface area (Å²) in [6.45, 7) is 4.40. The van der Waals surface area contributed by atoms with Crippen LogP contribution in [0.2, 0.25) is 0 Å². The summed E-state index contributed by atoms with van der Waals surface area (Å²) in [4.78, 5) is 12.8. The molecule has 6 unspecified atom stereocenters. The minimum absolute atomic E-state index is 0.128. The maximum Gasteiger partial charge on any atom is 0.306 e. The van der Waals surface area contributed by atoms with Crippen molar-refractivity contribution >= 4 is 5.97 Å². The Morgan fingerprint density at radius 3 is 1.48 bits per heavy atom. The molecule has 0 bridgehead atoms. The molecule has 4 N–H and O–H groups in total. The molecule has 0 aromatic heterocycles. The van der Waals surface area contributed by atoms with Gasteiger partial charge >= 0.3 is 5.97 Å². The van der Waals surface area contributed by atoms with Gasteiger partial charge in [0.2, 0.25) is 0 Å². The molecule has 1 aliphatic rings. The summed E-state index contributed by atoms with van der Waals surface area (Å²) >= 11 is 0. The van der Waals surface area contributed by atoms with Gasteiger partial charge in [0.05, 0.1) is 19.8 Å². The molecule has 1 heterocycles. The van der Waals surface area contributed by atoms with E-state index in [0.29, 0.717) is 6.61 Å². The van der Waals surface area contributed by atoms with Crippen LogP contribution in [0.1, 0.15) is 194 Å². The fraction of sp³-hybridized carbons (Fsp3) is 0.755. The van der Waals surface area contributed by atoms with Gasteiger partial charge in [0.25, 0.3) is 0 Å². The number of hydrogen-bond acceptors (Lipinski definition) is 9. The Kier molecular flexibility index (Phi) is 40.8. The van der Waals surface area contributed by atoms with Crippen LogP contribution >= 0.6 is 0 Å². The first-order valence-electron chi connectivity index (χ1n) is 25.0. The topological polar surface area (TPSA) is 135 Å². The van der Waals surface area contributed by atoms with Crippen LogP contribution in [0.4, 0.5) is 0 Å². The summed E-state index contributed by atoms with van der Waals surface area (Å²) in [6.07, 6.45) is 50.7. The van der Waals surface area contributed by atoms with Gasteiger partial charge in [-0.25, -0.2) is 0 Å². The minimum Gasteiger partial charge on any atom is -0.457 e. The monoisotopic (exact) mass is 873 g/mol. The van der Waals surface area contributed by atoms with E-state index in [2.05, 4.69) is 86.8 Å². The summed E-state index contributed by atoms with van der Waals surface area (Å²) in [5.74, 6) is -0.339. The first-order valence-corrected chi connectivity index (χ1v) is 25.0.